The molecule has 1 aliphatic rings. The zero-order valence-electron chi connectivity index (χ0n) is 22.0. The second-order valence-corrected chi connectivity index (χ2v) is 12.3. The molecule has 0 radical (unpaired) electrons. The van der Waals surface area contributed by atoms with E-state index >= 15 is 0 Å². The highest BCUT2D eigenvalue weighted by Gasteiger charge is 2.40. The van der Waals surface area contributed by atoms with Crippen LogP contribution in [0.3, 0.4) is 0 Å². The molecule has 0 spiro atoms. The molecule has 5 aromatic rings. The van der Waals surface area contributed by atoms with Gasteiger partial charge in [0.05, 0.1) is 9.79 Å². The molecule has 1 atom stereocenters. The van der Waals surface area contributed by atoms with Crippen LogP contribution >= 0.6 is 11.8 Å². The van der Waals surface area contributed by atoms with Crippen LogP contribution in [0.25, 0.3) is 0 Å². The van der Waals surface area contributed by atoms with E-state index in [1.54, 1.807) is 60.8 Å². The predicted molar refractivity (Wildman–Crippen MR) is 152 cm³/mol. The Morgan fingerprint density at radius 3 is 1.83 bits per heavy atom. The first kappa shape index (κ1) is 28.0. The van der Waals surface area contributed by atoms with Crippen LogP contribution in [-0.2, 0) is 10.9 Å². The summed E-state index contributed by atoms with van der Waals surface area (Å²) in [4.78, 5) is 6.77. The molecule has 6 rings (SSSR count). The maximum atomic E-state index is 14.3. The summed E-state index contributed by atoms with van der Waals surface area (Å²) in [6.45, 7) is 2.22. The average molecular weight is 609 g/mol. The number of pyridine rings is 1. The van der Waals surface area contributed by atoms with Crippen LogP contribution in [0.2, 0.25) is 0 Å². The molecule has 42 heavy (non-hydrogen) atoms. The SMILES string of the molecule is CC(COc1ccc(Oc2ccc([S+]3c4cc(F)c(F)cc4Sc4cc(F)c(F)cc43)cc2)cc1)Oc1ccccn1. The van der Waals surface area contributed by atoms with Gasteiger partial charge in [-0.05, 0) is 73.7 Å². The lowest BCUT2D eigenvalue weighted by molar-refractivity contribution is 0.138. The van der Waals surface area contributed by atoms with Crippen molar-refractivity contribution in [1.29, 1.82) is 0 Å². The molecule has 1 unspecified atom stereocenters. The molecule has 0 aliphatic carbocycles. The predicted octanol–water partition coefficient (Wildman–Crippen LogP) is 8.84. The Morgan fingerprint density at radius 1 is 0.714 bits per heavy atom. The maximum absolute atomic E-state index is 14.3. The Morgan fingerprint density at radius 2 is 1.26 bits per heavy atom. The molecule has 4 nitrogen and oxygen atoms in total. The number of rotatable bonds is 8. The molecular weight excluding hydrogens is 586 g/mol. The minimum Gasteiger partial charge on any atom is -0.490 e. The lowest BCUT2D eigenvalue weighted by atomic mass is 10.3. The number of halogens is 4. The van der Waals surface area contributed by atoms with Crippen molar-refractivity contribution < 1.29 is 31.8 Å². The highest BCUT2D eigenvalue weighted by molar-refractivity contribution is 8.04. The third kappa shape index (κ3) is 6.05. The van der Waals surface area contributed by atoms with Crippen molar-refractivity contribution in [2.24, 2.45) is 0 Å². The summed E-state index contributed by atoms with van der Waals surface area (Å²) in [5.74, 6) is -1.70. The van der Waals surface area contributed by atoms with E-state index in [4.69, 9.17) is 14.2 Å². The van der Waals surface area contributed by atoms with Gasteiger partial charge in [0, 0.05) is 24.4 Å². The summed E-state index contributed by atoms with van der Waals surface area (Å²) in [7, 11) is -0.993. The second-order valence-electron chi connectivity index (χ2n) is 9.29. The zero-order chi connectivity index (χ0) is 29.2. The van der Waals surface area contributed by atoms with Gasteiger partial charge in [-0.15, -0.1) is 0 Å². The molecule has 0 bridgehead atoms. The van der Waals surface area contributed by atoms with Crippen molar-refractivity contribution in [2.75, 3.05) is 6.61 Å². The lowest BCUT2D eigenvalue weighted by Crippen LogP contribution is -2.21. The van der Waals surface area contributed by atoms with Gasteiger partial charge < -0.3 is 14.2 Å². The van der Waals surface area contributed by atoms with Gasteiger partial charge in [-0.3, -0.25) is 0 Å². The van der Waals surface area contributed by atoms with Gasteiger partial charge in [0.1, 0.15) is 40.9 Å². The maximum Gasteiger partial charge on any atom is 0.213 e. The summed E-state index contributed by atoms with van der Waals surface area (Å²) in [6.07, 6.45) is 1.46. The van der Waals surface area contributed by atoms with Gasteiger partial charge in [-0.1, -0.05) is 17.8 Å². The molecule has 0 saturated heterocycles. The first-order chi connectivity index (χ1) is 20.3. The van der Waals surface area contributed by atoms with Crippen molar-refractivity contribution in [3.63, 3.8) is 0 Å². The Balaban J connectivity index is 1.16. The first-order valence-electron chi connectivity index (χ1n) is 12.8. The number of ether oxygens (including phenoxy) is 3. The highest BCUT2D eigenvalue weighted by Crippen LogP contribution is 2.49. The smallest absolute Gasteiger partial charge is 0.213 e. The van der Waals surface area contributed by atoms with Crippen LogP contribution in [0.4, 0.5) is 17.6 Å². The van der Waals surface area contributed by atoms with Crippen LogP contribution in [0.1, 0.15) is 6.92 Å². The number of benzene rings is 4. The third-order valence-electron chi connectivity index (χ3n) is 6.20. The van der Waals surface area contributed by atoms with Gasteiger partial charge in [0.2, 0.25) is 5.88 Å². The lowest BCUT2D eigenvalue weighted by Gasteiger charge is -2.19. The topological polar surface area (TPSA) is 40.6 Å². The van der Waals surface area contributed by atoms with E-state index in [2.05, 4.69) is 4.98 Å². The minimum absolute atomic E-state index is 0.206. The molecule has 2 heterocycles. The van der Waals surface area contributed by atoms with Crippen LogP contribution in [-0.4, -0.2) is 17.7 Å². The summed E-state index contributed by atoms with van der Waals surface area (Å²) in [5.41, 5.74) is 0. The number of fused-ring (bicyclic) bond motifs is 2. The second kappa shape index (κ2) is 12.0. The van der Waals surface area contributed by atoms with Crippen LogP contribution in [0.15, 0.2) is 122 Å². The first-order valence-corrected chi connectivity index (χ1v) is 14.9. The summed E-state index contributed by atoms with van der Waals surface area (Å²) >= 11 is 1.09. The monoisotopic (exact) mass is 608 g/mol. The van der Waals surface area contributed by atoms with Crippen molar-refractivity contribution in [1.82, 2.24) is 4.98 Å². The highest BCUT2D eigenvalue weighted by atomic mass is 32.2. The molecule has 1 aliphatic heterocycles. The molecule has 10 heteroatoms. The molecule has 212 valence electrons. The Labute approximate surface area is 246 Å². The third-order valence-corrected chi connectivity index (χ3v) is 9.87. The Hall–Kier alpha value is -4.15. The molecule has 0 N–H and O–H groups in total. The van der Waals surface area contributed by atoms with Crippen molar-refractivity contribution in [3.8, 4) is 23.1 Å². The van der Waals surface area contributed by atoms with E-state index in [-0.39, 0.29) is 6.10 Å². The fourth-order valence-corrected chi connectivity index (χ4v) is 7.99. The normalized spacial score (nSPS) is 13.2. The fourth-order valence-electron chi connectivity index (χ4n) is 4.24. The summed E-state index contributed by atoms with van der Waals surface area (Å²) < 4.78 is 74.2. The van der Waals surface area contributed by atoms with Crippen molar-refractivity contribution in [2.45, 2.75) is 37.5 Å². The number of hydrogen-bond acceptors (Lipinski definition) is 5. The van der Waals surface area contributed by atoms with Gasteiger partial charge in [-0.25, -0.2) is 22.5 Å². The summed E-state index contributed by atoms with van der Waals surface area (Å²) in [5, 5.41) is 0. The zero-order valence-corrected chi connectivity index (χ0v) is 23.7. The fraction of sp³-hybridized carbons (Fsp3) is 0.0938. The number of hydrogen-bond donors (Lipinski definition) is 0. The van der Waals surface area contributed by atoms with Gasteiger partial charge in [0.25, 0.3) is 0 Å². The number of nitrogens with zero attached hydrogens (tertiary/aromatic N) is 1. The molecule has 1 aromatic heterocycles. The van der Waals surface area contributed by atoms with E-state index in [9.17, 15) is 17.6 Å². The van der Waals surface area contributed by atoms with E-state index in [0.29, 0.717) is 54.2 Å². The van der Waals surface area contributed by atoms with Gasteiger partial charge in [0.15, 0.2) is 38.0 Å². The van der Waals surface area contributed by atoms with Crippen LogP contribution < -0.4 is 14.2 Å². The van der Waals surface area contributed by atoms with E-state index in [1.807, 2.05) is 19.1 Å². The summed E-state index contributed by atoms with van der Waals surface area (Å²) in [6, 6.07) is 24.1. The molecule has 0 amide bonds. The van der Waals surface area contributed by atoms with Crippen LogP contribution in [0.5, 0.6) is 23.1 Å². The molecular formula is C32H22F4NO3S2+. The van der Waals surface area contributed by atoms with E-state index < -0.39 is 34.2 Å². The average Bonchev–Trinajstić information content (AvgIpc) is 2.98. The molecule has 0 saturated carbocycles. The largest absolute Gasteiger partial charge is 0.490 e. The van der Waals surface area contributed by atoms with E-state index in [1.165, 1.54) is 0 Å². The standard InChI is InChI=1S/C32H22F4NO3S2/c1-19(39-32-4-2-3-13-37-32)18-38-20-5-7-21(8-6-20)40-22-9-11-23(12-10-22)42-30-16-26(35)24(33)14-28(30)41-29-15-25(34)27(36)17-31(29)42/h2-17,19H,18H2,1H3/q+1. The number of aromatic nitrogens is 1. The van der Waals surface area contributed by atoms with Crippen molar-refractivity contribution in [3.05, 3.63) is 120 Å². The molecule has 4 aromatic carbocycles. The van der Waals surface area contributed by atoms with Crippen molar-refractivity contribution >= 4 is 22.7 Å². The minimum atomic E-state index is -1.000. The van der Waals surface area contributed by atoms with E-state index in [0.717, 1.165) is 36.0 Å². The molecule has 0 fully saturated rings. The van der Waals surface area contributed by atoms with Gasteiger partial charge >= 0.3 is 0 Å². The Bertz CT molecular complexity index is 1660. The Kier molecular flexibility index (Phi) is 7.99. The van der Waals surface area contributed by atoms with Gasteiger partial charge in [-0.2, -0.15) is 0 Å². The van der Waals surface area contributed by atoms with Crippen LogP contribution in [0, 0.1) is 23.3 Å². The quantitative estimate of drug-likeness (QED) is 0.128.